The third kappa shape index (κ3) is 6.01. The molecule has 0 saturated carbocycles. The van der Waals surface area contributed by atoms with Crippen molar-refractivity contribution in [1.82, 2.24) is 15.0 Å². The van der Waals surface area contributed by atoms with Crippen LogP contribution in [0.1, 0.15) is 25.0 Å². The number of hydrogen-bond donors (Lipinski definition) is 0. The van der Waals surface area contributed by atoms with Gasteiger partial charge in [-0.05, 0) is 81.9 Å². The van der Waals surface area contributed by atoms with Gasteiger partial charge in [0.15, 0.2) is 17.5 Å². The van der Waals surface area contributed by atoms with Gasteiger partial charge in [0.2, 0.25) is 0 Å². The number of aromatic nitrogens is 3. The van der Waals surface area contributed by atoms with Gasteiger partial charge in [0, 0.05) is 48.0 Å². The maximum Gasteiger partial charge on any atom is 0.164 e. The summed E-state index contributed by atoms with van der Waals surface area (Å²) in [6.07, 6.45) is 0. The van der Waals surface area contributed by atoms with E-state index in [2.05, 4.69) is 176 Å². The van der Waals surface area contributed by atoms with Gasteiger partial charge in [-0.3, -0.25) is 0 Å². The van der Waals surface area contributed by atoms with Crippen LogP contribution in [-0.4, -0.2) is 15.0 Å². The lowest BCUT2D eigenvalue weighted by Gasteiger charge is -2.42. The van der Waals surface area contributed by atoms with E-state index < -0.39 is 0 Å². The van der Waals surface area contributed by atoms with Crippen LogP contribution in [-0.2, 0) is 5.41 Å². The second-order valence-corrected chi connectivity index (χ2v) is 16.7. The summed E-state index contributed by atoms with van der Waals surface area (Å²) < 4.78 is 2.41. The fourth-order valence-corrected chi connectivity index (χ4v) is 9.82. The number of fused-ring (bicyclic) bond motifs is 5. The van der Waals surface area contributed by atoms with Crippen LogP contribution in [0.15, 0.2) is 194 Å². The van der Waals surface area contributed by atoms with Crippen molar-refractivity contribution in [2.75, 3.05) is 4.90 Å². The molecule has 0 unspecified atom stereocenters. The van der Waals surface area contributed by atoms with Gasteiger partial charge in [0.25, 0.3) is 0 Å². The minimum absolute atomic E-state index is 0.269. The van der Waals surface area contributed by atoms with Gasteiger partial charge in [-0.15, -0.1) is 11.3 Å². The Morgan fingerprint density at radius 1 is 0.407 bits per heavy atom. The Hall–Kier alpha value is -7.21. The first kappa shape index (κ1) is 35.0. The predicted octanol–water partition coefficient (Wildman–Crippen LogP) is 14.7. The minimum Gasteiger partial charge on any atom is -0.310 e. The average Bonchev–Trinajstić information content (AvgIpc) is 3.68. The molecule has 0 aliphatic carbocycles. The first-order valence-electron chi connectivity index (χ1n) is 20.0. The van der Waals surface area contributed by atoms with Crippen LogP contribution in [0.3, 0.4) is 0 Å². The van der Waals surface area contributed by atoms with Gasteiger partial charge in [0.05, 0.1) is 11.4 Å². The molecule has 0 saturated heterocycles. The molecule has 2 aromatic heterocycles. The van der Waals surface area contributed by atoms with E-state index >= 15 is 0 Å². The summed E-state index contributed by atoms with van der Waals surface area (Å²) in [6, 6.07) is 69.2. The van der Waals surface area contributed by atoms with Gasteiger partial charge in [-0.25, -0.2) is 15.0 Å². The lowest BCUT2D eigenvalue weighted by atomic mass is 9.72. The lowest BCUT2D eigenvalue weighted by molar-refractivity contribution is 0.632. The average molecular weight is 775 g/mol. The summed E-state index contributed by atoms with van der Waals surface area (Å²) in [6.45, 7) is 4.74. The molecular formula is C54H38N4S. The summed E-state index contributed by atoms with van der Waals surface area (Å²) in [4.78, 5) is 17.8. The quantitative estimate of drug-likeness (QED) is 0.169. The Kier molecular flexibility index (Phi) is 8.31. The molecule has 0 N–H and O–H groups in total. The Balaban J connectivity index is 1.12. The van der Waals surface area contributed by atoms with Crippen molar-refractivity contribution in [3.8, 4) is 56.4 Å². The highest BCUT2D eigenvalue weighted by molar-refractivity contribution is 7.26. The van der Waals surface area contributed by atoms with E-state index in [1.165, 1.54) is 59.5 Å². The van der Waals surface area contributed by atoms with Gasteiger partial charge in [0.1, 0.15) is 0 Å². The van der Waals surface area contributed by atoms with Crippen molar-refractivity contribution < 1.29 is 0 Å². The molecule has 280 valence electrons. The summed E-state index contributed by atoms with van der Waals surface area (Å²) in [7, 11) is 0. The topological polar surface area (TPSA) is 41.9 Å². The fourth-order valence-electron chi connectivity index (χ4n) is 8.71. The van der Waals surface area contributed by atoms with E-state index in [0.29, 0.717) is 17.5 Å². The van der Waals surface area contributed by atoms with Crippen LogP contribution in [0.5, 0.6) is 0 Å². The molecule has 1 aliphatic heterocycles. The molecule has 5 heteroatoms. The highest BCUT2D eigenvalue weighted by Crippen LogP contribution is 2.54. The second kappa shape index (κ2) is 14.0. The summed E-state index contributed by atoms with van der Waals surface area (Å²) in [5, 5.41) is 2.32. The van der Waals surface area contributed by atoms with E-state index in [0.717, 1.165) is 27.8 Å². The van der Waals surface area contributed by atoms with E-state index in [4.69, 9.17) is 15.0 Å². The van der Waals surface area contributed by atoms with E-state index in [1.807, 2.05) is 47.7 Å². The van der Waals surface area contributed by atoms with Crippen molar-refractivity contribution in [3.63, 3.8) is 0 Å². The zero-order chi connectivity index (χ0) is 39.5. The number of anilines is 3. The number of nitrogens with zero attached hydrogens (tertiary/aromatic N) is 4. The molecule has 10 aromatic rings. The predicted molar refractivity (Wildman–Crippen MR) is 247 cm³/mol. The molecular weight excluding hydrogens is 737 g/mol. The van der Waals surface area contributed by atoms with E-state index in [-0.39, 0.29) is 5.41 Å². The third-order valence-corrected chi connectivity index (χ3v) is 12.8. The number of hydrogen-bond acceptors (Lipinski definition) is 5. The van der Waals surface area contributed by atoms with Crippen LogP contribution >= 0.6 is 11.3 Å². The molecule has 4 nitrogen and oxygen atoms in total. The summed E-state index contributed by atoms with van der Waals surface area (Å²) in [5.74, 6) is 1.96. The van der Waals surface area contributed by atoms with E-state index in [1.54, 1.807) is 0 Å². The SMILES string of the molecule is CC1(C)c2cc(-c3ccccc3)ccc2N(c2ccc3sc4cccc(-c5nc(-c6ccccc6)nc(-c6ccccc6)n5)c4c3c2)c2ccc(-c3ccccc3)cc21. The van der Waals surface area contributed by atoms with Crippen LogP contribution in [0, 0.1) is 0 Å². The highest BCUT2D eigenvalue weighted by atomic mass is 32.1. The van der Waals surface area contributed by atoms with Crippen molar-refractivity contribution in [3.05, 3.63) is 205 Å². The molecule has 0 spiro atoms. The molecule has 3 heterocycles. The third-order valence-electron chi connectivity index (χ3n) is 11.7. The molecule has 0 amide bonds. The Labute approximate surface area is 347 Å². The molecule has 1 aliphatic rings. The second-order valence-electron chi connectivity index (χ2n) is 15.7. The molecule has 0 radical (unpaired) electrons. The minimum atomic E-state index is -0.269. The summed E-state index contributed by atoms with van der Waals surface area (Å²) >= 11 is 1.81. The van der Waals surface area contributed by atoms with Gasteiger partial charge in [-0.1, -0.05) is 159 Å². The standard InChI is InChI=1S/C54H38N4S/c1-54(2)44-32-39(35-16-7-3-8-17-35)26-29-46(44)58(47-30-27-40(33-45(47)54)36-18-9-4-10-19-36)41-28-31-48-43(34-41)50-42(24-15-25-49(50)59-48)53-56-51(37-20-11-5-12-21-37)55-52(57-53)38-22-13-6-14-23-38/h3-34H,1-2H3. The zero-order valence-electron chi connectivity index (χ0n) is 32.7. The van der Waals surface area contributed by atoms with Gasteiger partial charge in [-0.2, -0.15) is 0 Å². The normalized spacial score (nSPS) is 13.0. The Bertz CT molecular complexity index is 3030. The van der Waals surface area contributed by atoms with Gasteiger partial charge >= 0.3 is 0 Å². The van der Waals surface area contributed by atoms with Crippen molar-refractivity contribution in [2.45, 2.75) is 19.3 Å². The number of benzene rings is 8. The Morgan fingerprint density at radius 3 is 1.42 bits per heavy atom. The molecule has 59 heavy (non-hydrogen) atoms. The van der Waals surface area contributed by atoms with E-state index in [9.17, 15) is 0 Å². The summed E-state index contributed by atoms with van der Waals surface area (Å²) in [5.41, 5.74) is 13.5. The molecule has 0 atom stereocenters. The first-order chi connectivity index (χ1) is 29.0. The first-order valence-corrected chi connectivity index (χ1v) is 20.8. The largest absolute Gasteiger partial charge is 0.310 e. The van der Waals surface area contributed by atoms with Crippen LogP contribution in [0.25, 0.3) is 76.6 Å². The van der Waals surface area contributed by atoms with Gasteiger partial charge < -0.3 is 4.90 Å². The monoisotopic (exact) mass is 774 g/mol. The zero-order valence-corrected chi connectivity index (χ0v) is 33.5. The van der Waals surface area contributed by atoms with Crippen LogP contribution in [0.4, 0.5) is 17.1 Å². The highest BCUT2D eigenvalue weighted by Gasteiger charge is 2.37. The molecule has 11 rings (SSSR count). The molecule has 0 bridgehead atoms. The number of rotatable bonds is 6. The Morgan fingerprint density at radius 2 is 0.898 bits per heavy atom. The lowest BCUT2D eigenvalue weighted by Crippen LogP contribution is -2.30. The van der Waals surface area contributed by atoms with Crippen LogP contribution in [0.2, 0.25) is 0 Å². The van der Waals surface area contributed by atoms with Crippen molar-refractivity contribution in [1.29, 1.82) is 0 Å². The van der Waals surface area contributed by atoms with Crippen molar-refractivity contribution in [2.24, 2.45) is 0 Å². The van der Waals surface area contributed by atoms with Crippen LogP contribution < -0.4 is 4.90 Å². The van der Waals surface area contributed by atoms with Crippen molar-refractivity contribution >= 4 is 48.6 Å². The smallest absolute Gasteiger partial charge is 0.164 e. The molecule has 0 fully saturated rings. The maximum atomic E-state index is 5.16. The maximum absolute atomic E-state index is 5.16. The fraction of sp³-hybridized carbons (Fsp3) is 0.0556. The number of thiophene rings is 1. The molecule has 8 aromatic carbocycles.